The van der Waals surface area contributed by atoms with Gasteiger partial charge in [-0.1, -0.05) is 93.6 Å². The van der Waals surface area contributed by atoms with Crippen molar-refractivity contribution in [2.45, 2.75) is 26.2 Å². The highest BCUT2D eigenvalue weighted by molar-refractivity contribution is 6.15. The van der Waals surface area contributed by atoms with Gasteiger partial charge in [-0.2, -0.15) is 0 Å². The number of hydrogen-bond donors (Lipinski definition) is 0. The Morgan fingerprint density at radius 1 is 0.566 bits per heavy atom. The smallest absolute Gasteiger partial charge is 0.137 e. The molecule has 6 heteroatoms. The molecule has 3 aromatic heterocycles. The zero-order chi connectivity index (χ0) is 35.7. The molecule has 0 saturated heterocycles. The number of rotatable bonds is 5. The summed E-state index contributed by atoms with van der Waals surface area (Å²) < 4.78 is 8.92. The van der Waals surface area contributed by atoms with Crippen LogP contribution in [0.3, 0.4) is 0 Å². The maximum atomic E-state index is 6.67. The average molecular weight is 688 g/mol. The highest BCUT2D eigenvalue weighted by Gasteiger charge is 2.30. The van der Waals surface area contributed by atoms with E-state index in [0.29, 0.717) is 6.67 Å². The summed E-state index contributed by atoms with van der Waals surface area (Å²) in [6, 6.07) is 49.3. The van der Waals surface area contributed by atoms with Crippen molar-refractivity contribution in [2.24, 2.45) is 0 Å². The van der Waals surface area contributed by atoms with Crippen molar-refractivity contribution in [1.82, 2.24) is 14.5 Å². The van der Waals surface area contributed by atoms with Gasteiger partial charge in [-0.25, -0.2) is 4.98 Å². The number of anilines is 4. The monoisotopic (exact) mass is 687 g/mol. The second-order valence-electron chi connectivity index (χ2n) is 14.8. The molecule has 6 aromatic carbocycles. The van der Waals surface area contributed by atoms with Crippen LogP contribution in [0.15, 0.2) is 158 Å². The van der Waals surface area contributed by atoms with E-state index in [1.165, 1.54) is 32.5 Å². The van der Waals surface area contributed by atoms with Crippen LogP contribution in [0.1, 0.15) is 26.3 Å². The van der Waals surface area contributed by atoms with Crippen molar-refractivity contribution in [1.29, 1.82) is 0 Å². The molecule has 0 aliphatic carbocycles. The highest BCUT2D eigenvalue weighted by Crippen LogP contribution is 2.47. The number of fused-ring (bicyclic) bond motifs is 7. The Labute approximate surface area is 308 Å². The molecular formula is C47H37N5O. The molecule has 4 heterocycles. The number of ether oxygens (including phenoxy) is 1. The van der Waals surface area contributed by atoms with Gasteiger partial charge >= 0.3 is 0 Å². The predicted octanol–water partition coefficient (Wildman–Crippen LogP) is 12.2. The van der Waals surface area contributed by atoms with Gasteiger partial charge in [-0.3, -0.25) is 9.55 Å². The van der Waals surface area contributed by atoms with Crippen LogP contribution in [-0.4, -0.2) is 21.2 Å². The molecule has 6 nitrogen and oxygen atoms in total. The number of benzene rings is 6. The van der Waals surface area contributed by atoms with Crippen LogP contribution in [0.5, 0.6) is 11.5 Å². The number of para-hydroxylation sites is 1. The average Bonchev–Trinajstić information content (AvgIpc) is 3.73. The molecule has 256 valence electrons. The van der Waals surface area contributed by atoms with Crippen molar-refractivity contribution < 1.29 is 4.74 Å². The first-order chi connectivity index (χ1) is 25.9. The lowest BCUT2D eigenvalue weighted by atomic mass is 9.88. The lowest BCUT2D eigenvalue weighted by molar-refractivity contribution is 0.483. The van der Waals surface area contributed by atoms with Crippen LogP contribution in [0.2, 0.25) is 0 Å². The van der Waals surface area contributed by atoms with Crippen LogP contribution in [0.25, 0.3) is 49.2 Å². The van der Waals surface area contributed by atoms with E-state index in [4.69, 9.17) is 9.72 Å². The number of pyridine rings is 2. The van der Waals surface area contributed by atoms with E-state index in [-0.39, 0.29) is 5.41 Å². The van der Waals surface area contributed by atoms with Gasteiger partial charge in [0.05, 0.1) is 34.3 Å². The van der Waals surface area contributed by atoms with Crippen molar-refractivity contribution in [3.8, 4) is 17.3 Å². The Hall–Kier alpha value is -6.66. The molecular weight excluding hydrogens is 651 g/mol. The fourth-order valence-electron chi connectivity index (χ4n) is 7.92. The maximum Gasteiger partial charge on any atom is 0.137 e. The van der Waals surface area contributed by atoms with Crippen molar-refractivity contribution >= 4 is 66.1 Å². The molecule has 1 aliphatic rings. The summed E-state index contributed by atoms with van der Waals surface area (Å²) in [5.41, 5.74) is 7.79. The second kappa shape index (κ2) is 12.0. The first kappa shape index (κ1) is 31.1. The molecule has 10 rings (SSSR count). The summed E-state index contributed by atoms with van der Waals surface area (Å²) in [6.07, 6.45) is 5.76. The second-order valence-corrected chi connectivity index (χ2v) is 14.8. The Kier molecular flexibility index (Phi) is 7.02. The van der Waals surface area contributed by atoms with Gasteiger partial charge in [-0.15, -0.1) is 0 Å². The van der Waals surface area contributed by atoms with Crippen LogP contribution in [0.4, 0.5) is 22.7 Å². The minimum atomic E-state index is 0.00238. The molecule has 0 bridgehead atoms. The molecule has 0 spiro atoms. The molecule has 0 radical (unpaired) electrons. The molecule has 9 aromatic rings. The van der Waals surface area contributed by atoms with Gasteiger partial charge in [0.2, 0.25) is 0 Å². The summed E-state index contributed by atoms with van der Waals surface area (Å²) in [5.74, 6) is 2.43. The summed E-state index contributed by atoms with van der Waals surface area (Å²) >= 11 is 0. The van der Waals surface area contributed by atoms with E-state index < -0.39 is 0 Å². The Morgan fingerprint density at radius 2 is 1.34 bits per heavy atom. The van der Waals surface area contributed by atoms with Gasteiger partial charge in [-0.05, 0) is 81.7 Å². The van der Waals surface area contributed by atoms with Crippen LogP contribution >= 0.6 is 0 Å². The van der Waals surface area contributed by atoms with Gasteiger partial charge in [0.1, 0.15) is 24.0 Å². The Balaban J connectivity index is 1.03. The fourth-order valence-corrected chi connectivity index (χ4v) is 7.92. The SMILES string of the molecule is CC(C)(C)c1ccnc(-n2c3ccccc3c3ccc(Oc4cccc(N5CN(c6cccc7ccc8ccccc8c67)c6cnccc65)c4)cc32)c1. The van der Waals surface area contributed by atoms with Crippen LogP contribution in [-0.2, 0) is 5.41 Å². The molecule has 0 saturated carbocycles. The van der Waals surface area contributed by atoms with Crippen molar-refractivity contribution in [2.75, 3.05) is 16.5 Å². The zero-order valence-electron chi connectivity index (χ0n) is 29.9. The summed E-state index contributed by atoms with van der Waals surface area (Å²) in [6.45, 7) is 7.34. The van der Waals surface area contributed by atoms with Crippen LogP contribution in [0, 0.1) is 0 Å². The summed E-state index contributed by atoms with van der Waals surface area (Å²) in [7, 11) is 0. The van der Waals surface area contributed by atoms with E-state index in [1.807, 2.05) is 24.7 Å². The number of aromatic nitrogens is 3. The van der Waals surface area contributed by atoms with E-state index >= 15 is 0 Å². The standard InChI is InChI=1S/C47H37N5O/c1-47(2,3)33-22-25-49-45(26-33)52-40-16-7-6-15-38(40)39-21-20-36(28-43(39)52)53-35-13-9-12-34(27-35)50-30-51(44-29-48-24-23-41(44)50)42-17-8-11-32-19-18-31-10-4-5-14-37(31)46(32)42/h4-29H,30H2,1-3H3. The summed E-state index contributed by atoms with van der Waals surface area (Å²) in [5, 5.41) is 7.28. The van der Waals surface area contributed by atoms with Gasteiger partial charge in [0, 0.05) is 46.4 Å². The number of hydrogen-bond acceptors (Lipinski definition) is 5. The molecule has 53 heavy (non-hydrogen) atoms. The van der Waals surface area contributed by atoms with Gasteiger partial charge in [0.15, 0.2) is 0 Å². The van der Waals surface area contributed by atoms with Gasteiger partial charge < -0.3 is 14.5 Å². The predicted molar refractivity (Wildman–Crippen MR) is 219 cm³/mol. The molecule has 0 atom stereocenters. The third kappa shape index (κ3) is 5.17. The zero-order valence-corrected chi connectivity index (χ0v) is 29.9. The minimum absolute atomic E-state index is 0.00238. The first-order valence-corrected chi connectivity index (χ1v) is 18.1. The van der Waals surface area contributed by atoms with E-state index in [2.05, 4.69) is 174 Å². The Morgan fingerprint density at radius 3 is 2.25 bits per heavy atom. The quantitative estimate of drug-likeness (QED) is 0.169. The largest absolute Gasteiger partial charge is 0.457 e. The molecule has 0 unspecified atom stereocenters. The van der Waals surface area contributed by atoms with Crippen LogP contribution < -0.4 is 14.5 Å². The third-order valence-corrected chi connectivity index (χ3v) is 10.5. The van der Waals surface area contributed by atoms with E-state index in [0.717, 1.165) is 56.5 Å². The molecule has 1 aliphatic heterocycles. The Bertz CT molecular complexity index is 2870. The lowest BCUT2D eigenvalue weighted by Gasteiger charge is -2.24. The first-order valence-electron chi connectivity index (χ1n) is 18.1. The van der Waals surface area contributed by atoms with E-state index in [1.54, 1.807) is 0 Å². The third-order valence-electron chi connectivity index (χ3n) is 10.5. The molecule has 0 amide bonds. The van der Waals surface area contributed by atoms with Gasteiger partial charge in [0.25, 0.3) is 0 Å². The minimum Gasteiger partial charge on any atom is -0.457 e. The maximum absolute atomic E-state index is 6.67. The molecule has 0 N–H and O–H groups in total. The normalized spacial score (nSPS) is 13.0. The lowest BCUT2D eigenvalue weighted by Crippen LogP contribution is -2.24. The molecule has 0 fully saturated rings. The number of nitrogens with zero attached hydrogens (tertiary/aromatic N) is 5. The topological polar surface area (TPSA) is 46.4 Å². The van der Waals surface area contributed by atoms with E-state index in [9.17, 15) is 0 Å². The van der Waals surface area contributed by atoms with Crippen molar-refractivity contribution in [3.05, 3.63) is 164 Å². The van der Waals surface area contributed by atoms with Crippen molar-refractivity contribution in [3.63, 3.8) is 0 Å². The summed E-state index contributed by atoms with van der Waals surface area (Å²) in [4.78, 5) is 14.1. The highest BCUT2D eigenvalue weighted by atomic mass is 16.5. The fraction of sp³-hybridized carbons (Fsp3) is 0.106.